The summed E-state index contributed by atoms with van der Waals surface area (Å²) in [6.45, 7) is 0.439. The lowest BCUT2D eigenvalue weighted by molar-refractivity contribution is -0.126. The van der Waals surface area contributed by atoms with E-state index in [1.54, 1.807) is 36.4 Å². The Labute approximate surface area is 169 Å². The van der Waals surface area contributed by atoms with Crippen molar-refractivity contribution in [1.29, 1.82) is 0 Å². The van der Waals surface area contributed by atoms with Gasteiger partial charge in [-0.05, 0) is 43.2 Å². The molecule has 2 heterocycles. The first-order chi connectivity index (χ1) is 11.6. The van der Waals surface area contributed by atoms with Gasteiger partial charge in [-0.25, -0.2) is 4.98 Å². The lowest BCUT2D eigenvalue weighted by Crippen LogP contribution is -2.29. The van der Waals surface area contributed by atoms with E-state index >= 15 is 0 Å². The Balaban J connectivity index is 0.00000169. The molecule has 1 fully saturated rings. The van der Waals surface area contributed by atoms with E-state index in [-0.39, 0.29) is 36.8 Å². The zero-order valence-electron chi connectivity index (χ0n) is 13.8. The summed E-state index contributed by atoms with van der Waals surface area (Å²) >= 11 is 5.78. The molecule has 9 heteroatoms. The third-order valence-corrected chi connectivity index (χ3v) is 3.93. The first kappa shape index (κ1) is 22.5. The van der Waals surface area contributed by atoms with Crippen molar-refractivity contribution in [1.82, 2.24) is 4.98 Å². The van der Waals surface area contributed by atoms with Crippen LogP contribution in [0.25, 0.3) is 0 Å². The molecule has 1 aliphatic heterocycles. The van der Waals surface area contributed by atoms with Crippen LogP contribution in [0.5, 0.6) is 11.6 Å². The number of hydrogen-bond donors (Lipinski definition) is 2. The number of benzene rings is 1. The minimum absolute atomic E-state index is 0. The molecule has 6 nitrogen and oxygen atoms in total. The van der Waals surface area contributed by atoms with Crippen molar-refractivity contribution >= 4 is 48.0 Å². The number of halogens is 3. The second-order valence-electron chi connectivity index (χ2n) is 5.49. The van der Waals surface area contributed by atoms with Crippen LogP contribution in [-0.2, 0) is 9.53 Å². The van der Waals surface area contributed by atoms with E-state index in [4.69, 9.17) is 26.8 Å². The van der Waals surface area contributed by atoms with E-state index in [2.05, 4.69) is 10.3 Å². The first-order valence-electron chi connectivity index (χ1n) is 7.70. The summed E-state index contributed by atoms with van der Waals surface area (Å²) in [7, 11) is 0. The number of anilines is 1. The molecule has 0 radical (unpaired) electrons. The first-order valence-corrected chi connectivity index (χ1v) is 8.07. The molecule has 0 bridgehead atoms. The lowest BCUT2D eigenvalue weighted by Gasteiger charge is -2.13. The predicted molar refractivity (Wildman–Crippen MR) is 106 cm³/mol. The number of carbonyl (C=O) groups excluding carboxylic acids is 1. The van der Waals surface area contributed by atoms with Gasteiger partial charge in [0.15, 0.2) is 0 Å². The van der Waals surface area contributed by atoms with Gasteiger partial charge in [0.25, 0.3) is 5.91 Å². The third kappa shape index (κ3) is 6.00. The molecule has 1 amide bonds. The van der Waals surface area contributed by atoms with Gasteiger partial charge in [0, 0.05) is 24.5 Å². The third-order valence-electron chi connectivity index (χ3n) is 3.71. The maximum Gasteiger partial charge on any atom is 0.253 e. The number of amides is 1. The average Bonchev–Trinajstić information content (AvgIpc) is 3.08. The van der Waals surface area contributed by atoms with Crippen LogP contribution in [0.3, 0.4) is 0 Å². The Morgan fingerprint density at radius 2 is 1.96 bits per heavy atom. The van der Waals surface area contributed by atoms with Crippen molar-refractivity contribution in [3.63, 3.8) is 0 Å². The summed E-state index contributed by atoms with van der Waals surface area (Å²) in [5.41, 5.74) is 6.23. The molecule has 1 aromatic carbocycles. The van der Waals surface area contributed by atoms with Crippen molar-refractivity contribution in [2.24, 2.45) is 5.73 Å². The number of hydrogen-bond acceptors (Lipinski definition) is 5. The average molecular weight is 421 g/mol. The van der Waals surface area contributed by atoms with Crippen molar-refractivity contribution in [3.8, 4) is 11.6 Å². The molecule has 0 spiro atoms. The Morgan fingerprint density at radius 3 is 2.54 bits per heavy atom. The van der Waals surface area contributed by atoms with Gasteiger partial charge in [0.1, 0.15) is 11.9 Å². The summed E-state index contributed by atoms with van der Waals surface area (Å²) in [6, 6.07) is 10.4. The highest BCUT2D eigenvalue weighted by Crippen LogP contribution is 2.24. The van der Waals surface area contributed by atoms with Crippen molar-refractivity contribution < 1.29 is 14.3 Å². The molecule has 0 unspecified atom stereocenters. The molecule has 1 saturated heterocycles. The molecule has 26 heavy (non-hydrogen) atoms. The summed E-state index contributed by atoms with van der Waals surface area (Å²) in [6.07, 6.45) is 2.56. The van der Waals surface area contributed by atoms with Gasteiger partial charge in [-0.3, -0.25) is 4.79 Å². The maximum absolute atomic E-state index is 12.2. The van der Waals surface area contributed by atoms with Gasteiger partial charge >= 0.3 is 0 Å². The van der Waals surface area contributed by atoms with Gasteiger partial charge in [-0.15, -0.1) is 24.8 Å². The SMILES string of the molecule is Cl.Cl.NC[C@H]1CC[C@@H](C(=O)Nc2ccc(Oc3ccc(Cl)cn3)cc2)O1. The van der Waals surface area contributed by atoms with E-state index in [9.17, 15) is 4.79 Å². The lowest BCUT2D eigenvalue weighted by atomic mass is 10.2. The van der Waals surface area contributed by atoms with Crippen LogP contribution in [-0.4, -0.2) is 29.6 Å². The number of aromatic nitrogens is 1. The number of nitrogens with one attached hydrogen (secondary N) is 1. The molecule has 3 N–H and O–H groups in total. The molecule has 1 aliphatic rings. The van der Waals surface area contributed by atoms with Gasteiger partial charge in [-0.1, -0.05) is 11.6 Å². The highest BCUT2D eigenvalue weighted by Gasteiger charge is 2.29. The molecule has 2 atom stereocenters. The van der Waals surface area contributed by atoms with Gasteiger partial charge in [-0.2, -0.15) is 0 Å². The molecule has 0 aliphatic carbocycles. The van der Waals surface area contributed by atoms with E-state index in [1.165, 1.54) is 6.20 Å². The van der Waals surface area contributed by atoms with E-state index < -0.39 is 6.10 Å². The van der Waals surface area contributed by atoms with Crippen LogP contribution in [0.2, 0.25) is 5.02 Å². The molecule has 0 saturated carbocycles. The molecule has 142 valence electrons. The van der Waals surface area contributed by atoms with E-state index in [1.807, 2.05) is 0 Å². The van der Waals surface area contributed by atoms with Crippen LogP contribution in [0, 0.1) is 0 Å². The van der Waals surface area contributed by atoms with Crippen LogP contribution < -0.4 is 15.8 Å². The van der Waals surface area contributed by atoms with Crippen LogP contribution in [0.4, 0.5) is 5.69 Å². The number of rotatable bonds is 5. The van der Waals surface area contributed by atoms with Crippen molar-refractivity contribution in [2.75, 3.05) is 11.9 Å². The zero-order chi connectivity index (χ0) is 16.9. The fraction of sp³-hybridized carbons (Fsp3) is 0.294. The number of nitrogens with two attached hydrogens (primary N) is 1. The van der Waals surface area contributed by atoms with Gasteiger partial charge < -0.3 is 20.5 Å². The quantitative estimate of drug-likeness (QED) is 0.768. The summed E-state index contributed by atoms with van der Waals surface area (Å²) in [4.78, 5) is 16.2. The largest absolute Gasteiger partial charge is 0.439 e. The smallest absolute Gasteiger partial charge is 0.253 e. The number of carbonyl (C=O) groups is 1. The minimum atomic E-state index is -0.437. The molecule has 2 aromatic rings. The van der Waals surface area contributed by atoms with Crippen molar-refractivity contribution in [3.05, 3.63) is 47.6 Å². The van der Waals surface area contributed by atoms with E-state index in [0.29, 0.717) is 35.3 Å². The Morgan fingerprint density at radius 1 is 1.23 bits per heavy atom. The second kappa shape index (κ2) is 10.5. The summed E-state index contributed by atoms with van der Waals surface area (Å²) in [5.74, 6) is 0.908. The highest BCUT2D eigenvalue weighted by atomic mass is 35.5. The monoisotopic (exact) mass is 419 g/mol. The van der Waals surface area contributed by atoms with Gasteiger partial charge in [0.05, 0.1) is 11.1 Å². The van der Waals surface area contributed by atoms with Crippen LogP contribution in [0.15, 0.2) is 42.6 Å². The molecular weight excluding hydrogens is 401 g/mol. The number of nitrogens with zero attached hydrogens (tertiary/aromatic N) is 1. The zero-order valence-corrected chi connectivity index (χ0v) is 16.2. The standard InChI is InChI=1S/C17H18ClN3O3.2ClH/c18-11-1-8-16(20-10-11)24-13-4-2-12(3-5-13)21-17(22)15-7-6-14(9-19)23-15;;/h1-5,8,10,14-15H,6-7,9,19H2,(H,21,22);2*1H/t14-,15+;;/m1../s1. The van der Waals surface area contributed by atoms with Gasteiger partial charge in [0.2, 0.25) is 5.88 Å². The fourth-order valence-electron chi connectivity index (χ4n) is 2.44. The molecular formula is C17H20Cl3N3O3. The Bertz CT molecular complexity index is 699. The minimum Gasteiger partial charge on any atom is -0.439 e. The number of ether oxygens (including phenoxy) is 2. The number of pyridine rings is 1. The molecule has 3 rings (SSSR count). The topological polar surface area (TPSA) is 86.5 Å². The maximum atomic E-state index is 12.2. The van der Waals surface area contributed by atoms with E-state index in [0.717, 1.165) is 6.42 Å². The van der Waals surface area contributed by atoms with Crippen molar-refractivity contribution in [2.45, 2.75) is 25.0 Å². The van der Waals surface area contributed by atoms with Crippen LogP contribution >= 0.6 is 36.4 Å². The summed E-state index contributed by atoms with van der Waals surface area (Å²) in [5, 5.41) is 3.38. The Kier molecular flexibility index (Phi) is 9.12. The normalized spacial score (nSPS) is 18.4. The van der Waals surface area contributed by atoms with Crippen LogP contribution in [0.1, 0.15) is 12.8 Å². The molecule has 1 aromatic heterocycles. The summed E-state index contributed by atoms with van der Waals surface area (Å²) < 4.78 is 11.2. The Hall–Kier alpha value is -1.57. The second-order valence-corrected chi connectivity index (χ2v) is 5.93. The highest BCUT2D eigenvalue weighted by molar-refractivity contribution is 6.30. The predicted octanol–water partition coefficient (Wildman–Crippen LogP) is 3.82. The fourth-order valence-corrected chi connectivity index (χ4v) is 2.56.